The lowest BCUT2D eigenvalue weighted by Gasteiger charge is -2.30. The summed E-state index contributed by atoms with van der Waals surface area (Å²) >= 11 is 0. The molecule has 0 radical (unpaired) electrons. The van der Waals surface area contributed by atoms with Gasteiger partial charge in [-0.2, -0.15) is 4.31 Å². The maximum atomic E-state index is 12.7. The van der Waals surface area contributed by atoms with E-state index in [0.717, 1.165) is 11.1 Å². The maximum Gasteiger partial charge on any atom is 0.243 e. The quantitative estimate of drug-likeness (QED) is 0.893. The molecule has 1 aromatic rings. The van der Waals surface area contributed by atoms with E-state index in [2.05, 4.69) is 0 Å². The summed E-state index contributed by atoms with van der Waals surface area (Å²) < 4.78 is 32.2. The molecule has 0 aliphatic carbocycles. The Morgan fingerprint density at radius 2 is 2.21 bits per heavy atom. The van der Waals surface area contributed by atoms with Gasteiger partial charge in [0.25, 0.3) is 0 Å². The number of rotatable bonds is 3. The van der Waals surface area contributed by atoms with Crippen LogP contribution in [0.5, 0.6) is 0 Å². The number of hydrogen-bond acceptors (Lipinski definition) is 4. The fraction of sp³-hybridized carbons (Fsp3) is 0.538. The van der Waals surface area contributed by atoms with E-state index in [-0.39, 0.29) is 6.10 Å². The highest BCUT2D eigenvalue weighted by molar-refractivity contribution is 7.89. The number of nitrogens with zero attached hydrogens (tertiary/aromatic N) is 1. The van der Waals surface area contributed by atoms with Crippen LogP contribution in [0.25, 0.3) is 0 Å². The molecule has 19 heavy (non-hydrogen) atoms. The maximum absolute atomic E-state index is 12.7. The van der Waals surface area contributed by atoms with Crippen molar-refractivity contribution in [3.05, 3.63) is 29.3 Å². The molecular formula is C13H20N2O3S. The van der Waals surface area contributed by atoms with E-state index in [4.69, 9.17) is 10.5 Å². The second kappa shape index (κ2) is 5.58. The van der Waals surface area contributed by atoms with Gasteiger partial charge in [-0.3, -0.25) is 0 Å². The standard InChI is InChI=1S/C13H20N2O3S/c1-10-9-15(6-7-18-10)19(16,17)13-5-3-4-12(8-14)11(13)2/h3-5,10H,6-9,14H2,1-2H3. The second-order valence-electron chi connectivity index (χ2n) is 4.79. The van der Waals surface area contributed by atoms with Crippen molar-refractivity contribution in [3.63, 3.8) is 0 Å². The van der Waals surface area contributed by atoms with Crippen molar-refractivity contribution in [2.45, 2.75) is 31.4 Å². The first-order valence-corrected chi connectivity index (χ1v) is 7.81. The molecule has 0 aromatic heterocycles. The van der Waals surface area contributed by atoms with Crippen LogP contribution in [0.2, 0.25) is 0 Å². The number of benzene rings is 1. The summed E-state index contributed by atoms with van der Waals surface area (Å²) in [5, 5.41) is 0. The van der Waals surface area contributed by atoms with Gasteiger partial charge in [0.1, 0.15) is 0 Å². The van der Waals surface area contributed by atoms with E-state index in [0.29, 0.717) is 31.1 Å². The summed E-state index contributed by atoms with van der Waals surface area (Å²) in [5.41, 5.74) is 7.24. The molecule has 1 aliphatic rings. The highest BCUT2D eigenvalue weighted by atomic mass is 32.2. The predicted molar refractivity (Wildman–Crippen MR) is 73.2 cm³/mol. The minimum Gasteiger partial charge on any atom is -0.376 e. The van der Waals surface area contributed by atoms with Gasteiger partial charge in [0.15, 0.2) is 0 Å². The van der Waals surface area contributed by atoms with E-state index >= 15 is 0 Å². The van der Waals surface area contributed by atoms with Gasteiger partial charge in [-0.1, -0.05) is 12.1 Å². The normalized spacial score (nSPS) is 21.5. The lowest BCUT2D eigenvalue weighted by Crippen LogP contribution is -2.44. The van der Waals surface area contributed by atoms with Crippen LogP contribution in [-0.4, -0.2) is 38.5 Å². The van der Waals surface area contributed by atoms with Crippen LogP contribution in [-0.2, 0) is 21.3 Å². The van der Waals surface area contributed by atoms with Gasteiger partial charge in [0.05, 0.1) is 17.6 Å². The molecule has 0 amide bonds. The van der Waals surface area contributed by atoms with Crippen molar-refractivity contribution >= 4 is 10.0 Å². The van der Waals surface area contributed by atoms with Crippen molar-refractivity contribution in [1.82, 2.24) is 4.31 Å². The summed E-state index contributed by atoms with van der Waals surface area (Å²) in [6.07, 6.45) is -0.0680. The average molecular weight is 284 g/mol. The third kappa shape index (κ3) is 2.81. The first-order chi connectivity index (χ1) is 8.96. The van der Waals surface area contributed by atoms with Crippen LogP contribution in [0.4, 0.5) is 0 Å². The Balaban J connectivity index is 2.39. The van der Waals surface area contributed by atoms with Crippen LogP contribution in [0.15, 0.2) is 23.1 Å². The first kappa shape index (κ1) is 14.5. The Morgan fingerprint density at radius 3 is 2.84 bits per heavy atom. The summed E-state index contributed by atoms with van der Waals surface area (Å²) in [4.78, 5) is 0.351. The number of sulfonamides is 1. The molecule has 1 unspecified atom stereocenters. The summed E-state index contributed by atoms with van der Waals surface area (Å²) in [5.74, 6) is 0. The Morgan fingerprint density at radius 1 is 1.47 bits per heavy atom. The summed E-state index contributed by atoms with van der Waals surface area (Å²) in [7, 11) is -3.46. The molecule has 1 aliphatic heterocycles. The van der Waals surface area contributed by atoms with Crippen molar-refractivity contribution in [2.24, 2.45) is 5.73 Å². The highest BCUT2D eigenvalue weighted by Gasteiger charge is 2.30. The SMILES string of the molecule is Cc1c(CN)cccc1S(=O)(=O)N1CCOC(C)C1. The van der Waals surface area contributed by atoms with Gasteiger partial charge in [-0.15, -0.1) is 0 Å². The van der Waals surface area contributed by atoms with E-state index in [1.54, 1.807) is 19.1 Å². The topological polar surface area (TPSA) is 72.6 Å². The minimum absolute atomic E-state index is 0.0680. The Kier molecular flexibility index (Phi) is 4.25. The average Bonchev–Trinajstić information content (AvgIpc) is 2.38. The van der Waals surface area contributed by atoms with Crippen molar-refractivity contribution < 1.29 is 13.2 Å². The molecule has 6 heteroatoms. The molecule has 106 valence electrons. The molecule has 1 saturated heterocycles. The van der Waals surface area contributed by atoms with E-state index in [1.807, 2.05) is 13.0 Å². The summed E-state index contributed by atoms with van der Waals surface area (Å²) in [6.45, 7) is 5.27. The number of nitrogens with two attached hydrogens (primary N) is 1. The van der Waals surface area contributed by atoms with Gasteiger partial charge >= 0.3 is 0 Å². The van der Waals surface area contributed by atoms with Crippen LogP contribution >= 0.6 is 0 Å². The molecular weight excluding hydrogens is 264 g/mol. The third-order valence-corrected chi connectivity index (χ3v) is 5.45. The fourth-order valence-electron chi connectivity index (χ4n) is 2.30. The van der Waals surface area contributed by atoms with Gasteiger partial charge in [0.2, 0.25) is 10.0 Å². The molecule has 0 bridgehead atoms. The molecule has 1 fully saturated rings. The van der Waals surface area contributed by atoms with Crippen molar-refractivity contribution in [3.8, 4) is 0 Å². The number of morpholine rings is 1. The van der Waals surface area contributed by atoms with Crippen LogP contribution in [0.3, 0.4) is 0 Å². The molecule has 1 aromatic carbocycles. The van der Waals surface area contributed by atoms with E-state index in [9.17, 15) is 8.42 Å². The Bertz CT molecular complexity index is 557. The molecule has 0 spiro atoms. The predicted octanol–water partition coefficient (Wildman–Crippen LogP) is 0.863. The van der Waals surface area contributed by atoms with Crippen molar-refractivity contribution in [2.75, 3.05) is 19.7 Å². The number of ether oxygens (including phenoxy) is 1. The van der Waals surface area contributed by atoms with Gasteiger partial charge < -0.3 is 10.5 Å². The lowest BCUT2D eigenvalue weighted by atomic mass is 10.1. The zero-order valence-electron chi connectivity index (χ0n) is 11.3. The van der Waals surface area contributed by atoms with E-state index < -0.39 is 10.0 Å². The fourth-order valence-corrected chi connectivity index (χ4v) is 4.07. The second-order valence-corrected chi connectivity index (χ2v) is 6.70. The molecule has 2 rings (SSSR count). The Labute approximate surface area is 114 Å². The molecule has 1 atom stereocenters. The highest BCUT2D eigenvalue weighted by Crippen LogP contribution is 2.24. The molecule has 1 heterocycles. The first-order valence-electron chi connectivity index (χ1n) is 6.37. The largest absolute Gasteiger partial charge is 0.376 e. The molecule has 0 saturated carbocycles. The van der Waals surface area contributed by atoms with Crippen molar-refractivity contribution in [1.29, 1.82) is 0 Å². The van der Waals surface area contributed by atoms with Gasteiger partial charge in [0, 0.05) is 19.6 Å². The molecule has 2 N–H and O–H groups in total. The summed E-state index contributed by atoms with van der Waals surface area (Å²) in [6, 6.07) is 5.24. The third-order valence-electron chi connectivity index (χ3n) is 3.44. The van der Waals surface area contributed by atoms with Crippen LogP contribution in [0.1, 0.15) is 18.1 Å². The smallest absolute Gasteiger partial charge is 0.243 e. The Hall–Kier alpha value is -0.950. The monoisotopic (exact) mass is 284 g/mol. The number of hydrogen-bond donors (Lipinski definition) is 1. The van der Waals surface area contributed by atoms with Crippen LogP contribution < -0.4 is 5.73 Å². The lowest BCUT2D eigenvalue weighted by molar-refractivity contribution is 0.0102. The van der Waals surface area contributed by atoms with E-state index in [1.165, 1.54) is 4.31 Å². The zero-order chi connectivity index (χ0) is 14.0. The minimum atomic E-state index is -3.46. The van der Waals surface area contributed by atoms with Gasteiger partial charge in [-0.25, -0.2) is 8.42 Å². The van der Waals surface area contributed by atoms with Gasteiger partial charge in [-0.05, 0) is 31.0 Å². The zero-order valence-corrected chi connectivity index (χ0v) is 12.1. The van der Waals surface area contributed by atoms with Crippen LogP contribution in [0, 0.1) is 6.92 Å². The molecule has 5 nitrogen and oxygen atoms in total.